The number of hydrogen-bond acceptors (Lipinski definition) is 4. The average Bonchev–Trinajstić information content (AvgIpc) is 2.94. The van der Waals surface area contributed by atoms with Crippen molar-refractivity contribution in [1.29, 1.82) is 0 Å². The molecule has 0 spiro atoms. The van der Waals surface area contributed by atoms with E-state index in [0.29, 0.717) is 22.7 Å². The highest BCUT2D eigenvalue weighted by Gasteiger charge is 2.19. The lowest BCUT2D eigenvalue weighted by molar-refractivity contribution is 0.0986. The van der Waals surface area contributed by atoms with Crippen LogP contribution in [0, 0.1) is 0 Å². The van der Waals surface area contributed by atoms with Crippen LogP contribution in [0.5, 0.6) is 11.5 Å². The van der Waals surface area contributed by atoms with Gasteiger partial charge in [-0.3, -0.25) is 4.79 Å². The number of carbonyl (C=O) groups is 1. The second kappa shape index (κ2) is 5.81. The number of amides is 1. The van der Waals surface area contributed by atoms with Crippen LogP contribution in [-0.4, -0.2) is 12.7 Å². The predicted octanol–water partition coefficient (Wildman–Crippen LogP) is 2.36. The number of nitrogens with zero attached hydrogens (tertiary/aromatic N) is 1. The molecule has 0 atom stereocenters. The normalized spacial score (nSPS) is 11.7. The summed E-state index contributed by atoms with van der Waals surface area (Å²) in [6.07, 6.45) is 0. The zero-order chi connectivity index (χ0) is 13.2. The van der Waals surface area contributed by atoms with Crippen molar-refractivity contribution in [1.82, 2.24) is 0 Å². The summed E-state index contributed by atoms with van der Waals surface area (Å²) in [5.74, 6) is 6.73. The minimum atomic E-state index is -0.301. The van der Waals surface area contributed by atoms with Gasteiger partial charge in [0.25, 0.3) is 5.91 Å². The van der Waals surface area contributed by atoms with Gasteiger partial charge in [0.2, 0.25) is 6.79 Å². The Morgan fingerprint density at radius 2 is 1.75 bits per heavy atom. The molecule has 0 bridgehead atoms. The molecule has 0 saturated carbocycles. The summed E-state index contributed by atoms with van der Waals surface area (Å²) in [4.78, 5) is 12.2. The molecule has 3 rings (SSSR count). The van der Waals surface area contributed by atoms with Crippen molar-refractivity contribution in [3.05, 3.63) is 54.1 Å². The first kappa shape index (κ1) is 14.2. The molecule has 20 heavy (non-hydrogen) atoms. The highest BCUT2D eigenvalue weighted by atomic mass is 35.5. The molecule has 2 aromatic carbocycles. The zero-order valence-electron chi connectivity index (χ0n) is 10.5. The number of carbonyl (C=O) groups excluding carboxylic acids is 1. The largest absolute Gasteiger partial charge is 0.454 e. The number of anilines is 1. The molecule has 0 fully saturated rings. The molecule has 0 aliphatic carbocycles. The van der Waals surface area contributed by atoms with Crippen LogP contribution in [0.3, 0.4) is 0 Å². The summed E-state index contributed by atoms with van der Waals surface area (Å²) in [6, 6.07) is 14.0. The number of hydrogen-bond donors (Lipinski definition) is 1. The van der Waals surface area contributed by atoms with Gasteiger partial charge in [-0.25, -0.2) is 10.9 Å². The van der Waals surface area contributed by atoms with Gasteiger partial charge in [0.1, 0.15) is 0 Å². The molecule has 1 aliphatic rings. The molecule has 0 radical (unpaired) electrons. The van der Waals surface area contributed by atoms with Crippen LogP contribution in [0.25, 0.3) is 0 Å². The number of para-hydroxylation sites is 1. The number of nitrogens with two attached hydrogens (primary N) is 1. The molecule has 2 N–H and O–H groups in total. The van der Waals surface area contributed by atoms with E-state index in [1.165, 1.54) is 0 Å². The Hall–Kier alpha value is -2.24. The molecule has 2 aromatic rings. The molecule has 0 aromatic heterocycles. The quantitative estimate of drug-likeness (QED) is 0.524. The topological polar surface area (TPSA) is 64.8 Å². The van der Waals surface area contributed by atoms with Gasteiger partial charge in [0.05, 0.1) is 5.69 Å². The number of halogens is 1. The molecule has 5 nitrogen and oxygen atoms in total. The minimum absolute atomic E-state index is 0. The van der Waals surface area contributed by atoms with Crippen LogP contribution in [0.1, 0.15) is 10.4 Å². The van der Waals surface area contributed by atoms with E-state index in [1.54, 1.807) is 30.3 Å². The number of benzene rings is 2. The Morgan fingerprint density at radius 1 is 1.05 bits per heavy atom. The van der Waals surface area contributed by atoms with Crippen molar-refractivity contribution in [2.24, 2.45) is 5.84 Å². The first-order valence-corrected chi connectivity index (χ1v) is 5.79. The summed E-state index contributed by atoms with van der Waals surface area (Å²) in [5.41, 5.74) is 1.08. The molecule has 0 saturated heterocycles. The fourth-order valence-electron chi connectivity index (χ4n) is 1.87. The third kappa shape index (κ3) is 2.54. The summed E-state index contributed by atoms with van der Waals surface area (Å²) in [6.45, 7) is 0.179. The Labute approximate surface area is 122 Å². The number of hydrazine groups is 1. The van der Waals surface area contributed by atoms with Gasteiger partial charge < -0.3 is 9.47 Å². The maximum atomic E-state index is 12.2. The van der Waals surface area contributed by atoms with Gasteiger partial charge in [-0.15, -0.1) is 12.4 Å². The molecular formula is C14H13ClN2O3. The van der Waals surface area contributed by atoms with Crippen molar-refractivity contribution >= 4 is 24.0 Å². The highest BCUT2D eigenvalue weighted by Crippen LogP contribution is 2.32. The van der Waals surface area contributed by atoms with Crippen LogP contribution in [-0.2, 0) is 0 Å². The van der Waals surface area contributed by atoms with Gasteiger partial charge in [0.15, 0.2) is 11.5 Å². The van der Waals surface area contributed by atoms with E-state index in [1.807, 2.05) is 18.2 Å². The van der Waals surface area contributed by atoms with Crippen molar-refractivity contribution in [2.45, 2.75) is 0 Å². The Kier molecular flexibility index (Phi) is 4.12. The SMILES string of the molecule is Cl.NN(C(=O)c1ccc2c(c1)OCO2)c1ccccc1. The molecule has 1 heterocycles. The first-order valence-electron chi connectivity index (χ1n) is 5.79. The predicted molar refractivity (Wildman–Crippen MR) is 77.3 cm³/mol. The maximum absolute atomic E-state index is 12.2. The van der Waals surface area contributed by atoms with Crippen molar-refractivity contribution in [2.75, 3.05) is 11.8 Å². The van der Waals surface area contributed by atoms with Gasteiger partial charge in [-0.1, -0.05) is 18.2 Å². The Balaban J connectivity index is 0.00000147. The van der Waals surface area contributed by atoms with Crippen molar-refractivity contribution < 1.29 is 14.3 Å². The second-order valence-electron chi connectivity index (χ2n) is 4.08. The van der Waals surface area contributed by atoms with Gasteiger partial charge in [0, 0.05) is 5.56 Å². The van der Waals surface area contributed by atoms with Crippen LogP contribution < -0.4 is 20.3 Å². The monoisotopic (exact) mass is 292 g/mol. The third-order valence-corrected chi connectivity index (χ3v) is 2.87. The van der Waals surface area contributed by atoms with Gasteiger partial charge in [-0.2, -0.15) is 0 Å². The van der Waals surface area contributed by atoms with Crippen LogP contribution in [0.15, 0.2) is 48.5 Å². The van der Waals surface area contributed by atoms with E-state index in [-0.39, 0.29) is 25.1 Å². The van der Waals surface area contributed by atoms with Crippen molar-refractivity contribution in [3.8, 4) is 11.5 Å². The summed E-state index contributed by atoms with van der Waals surface area (Å²) >= 11 is 0. The lowest BCUT2D eigenvalue weighted by Gasteiger charge is -2.16. The minimum Gasteiger partial charge on any atom is -0.454 e. The highest BCUT2D eigenvalue weighted by molar-refractivity contribution is 6.05. The summed E-state index contributed by atoms with van der Waals surface area (Å²) in [5, 5.41) is 1.11. The average molecular weight is 293 g/mol. The van der Waals surface area contributed by atoms with Crippen LogP contribution in [0.4, 0.5) is 5.69 Å². The Morgan fingerprint density at radius 3 is 2.50 bits per heavy atom. The standard InChI is InChI=1S/C14H12N2O3.ClH/c15-16(11-4-2-1-3-5-11)14(17)10-6-7-12-13(8-10)19-9-18-12;/h1-8H,9,15H2;1H. The second-order valence-corrected chi connectivity index (χ2v) is 4.08. The van der Waals surface area contributed by atoms with E-state index in [4.69, 9.17) is 15.3 Å². The summed E-state index contributed by atoms with van der Waals surface area (Å²) in [7, 11) is 0. The molecule has 1 aliphatic heterocycles. The van der Waals surface area contributed by atoms with E-state index < -0.39 is 0 Å². The van der Waals surface area contributed by atoms with Gasteiger partial charge in [-0.05, 0) is 30.3 Å². The van der Waals surface area contributed by atoms with E-state index in [9.17, 15) is 4.79 Å². The lowest BCUT2D eigenvalue weighted by atomic mass is 10.1. The maximum Gasteiger partial charge on any atom is 0.272 e. The molecular weight excluding hydrogens is 280 g/mol. The number of rotatable bonds is 2. The number of fused-ring (bicyclic) bond motifs is 1. The van der Waals surface area contributed by atoms with E-state index >= 15 is 0 Å². The molecule has 104 valence electrons. The van der Waals surface area contributed by atoms with E-state index in [0.717, 1.165) is 5.01 Å². The molecule has 6 heteroatoms. The van der Waals surface area contributed by atoms with Crippen LogP contribution >= 0.6 is 12.4 Å². The van der Waals surface area contributed by atoms with Crippen molar-refractivity contribution in [3.63, 3.8) is 0 Å². The fourth-order valence-corrected chi connectivity index (χ4v) is 1.87. The van der Waals surface area contributed by atoms with Gasteiger partial charge >= 0.3 is 0 Å². The zero-order valence-corrected chi connectivity index (χ0v) is 11.3. The van der Waals surface area contributed by atoms with Crippen LogP contribution in [0.2, 0.25) is 0 Å². The number of ether oxygens (including phenoxy) is 2. The first-order chi connectivity index (χ1) is 9.25. The lowest BCUT2D eigenvalue weighted by Crippen LogP contribution is -2.37. The van der Waals surface area contributed by atoms with E-state index in [2.05, 4.69) is 0 Å². The fraction of sp³-hybridized carbons (Fsp3) is 0.0714. The Bertz CT molecular complexity index is 619. The molecule has 1 amide bonds. The third-order valence-electron chi connectivity index (χ3n) is 2.87. The summed E-state index contributed by atoms with van der Waals surface area (Å²) < 4.78 is 10.4. The smallest absolute Gasteiger partial charge is 0.272 e. The molecule has 0 unspecified atom stereocenters.